The number of hydrogen-bond donors (Lipinski definition) is 2. The maximum absolute atomic E-state index is 8.95. The summed E-state index contributed by atoms with van der Waals surface area (Å²) in [6.45, 7) is 4.01. The molecule has 20 heavy (non-hydrogen) atoms. The zero-order valence-electron chi connectivity index (χ0n) is 12.2. The molecule has 3 N–H and O–H groups in total. The Kier molecular flexibility index (Phi) is 4.71. The van der Waals surface area contributed by atoms with Gasteiger partial charge in [-0.25, -0.2) is 0 Å². The van der Waals surface area contributed by atoms with Crippen LogP contribution in [0, 0.1) is 5.92 Å². The highest BCUT2D eigenvalue weighted by Gasteiger charge is 2.22. The van der Waals surface area contributed by atoms with Gasteiger partial charge in [0.2, 0.25) is 0 Å². The third-order valence-corrected chi connectivity index (χ3v) is 4.01. The number of amidine groups is 1. The van der Waals surface area contributed by atoms with Crippen LogP contribution in [0.2, 0.25) is 0 Å². The predicted molar refractivity (Wildman–Crippen MR) is 80.7 cm³/mol. The second-order valence-corrected chi connectivity index (χ2v) is 5.20. The van der Waals surface area contributed by atoms with E-state index in [0.29, 0.717) is 0 Å². The van der Waals surface area contributed by atoms with Gasteiger partial charge in [0.15, 0.2) is 5.84 Å². The summed E-state index contributed by atoms with van der Waals surface area (Å²) in [7, 11) is 1.64. The van der Waals surface area contributed by atoms with Crippen molar-refractivity contribution in [2.24, 2.45) is 16.8 Å². The van der Waals surface area contributed by atoms with Crippen molar-refractivity contribution in [2.45, 2.75) is 26.2 Å². The minimum Gasteiger partial charge on any atom is -0.497 e. The van der Waals surface area contributed by atoms with E-state index in [1.54, 1.807) is 7.11 Å². The molecule has 5 heteroatoms. The fourth-order valence-corrected chi connectivity index (χ4v) is 2.56. The predicted octanol–water partition coefficient (Wildman–Crippen LogP) is 2.42. The molecule has 1 aromatic rings. The highest BCUT2D eigenvalue weighted by molar-refractivity contribution is 6.02. The van der Waals surface area contributed by atoms with Gasteiger partial charge in [0.05, 0.1) is 12.8 Å². The molecule has 1 aliphatic rings. The second-order valence-electron chi connectivity index (χ2n) is 5.20. The van der Waals surface area contributed by atoms with E-state index in [9.17, 15) is 0 Å². The topological polar surface area (TPSA) is 71.1 Å². The van der Waals surface area contributed by atoms with Crippen molar-refractivity contribution >= 4 is 11.5 Å². The average Bonchev–Trinajstić information content (AvgIpc) is 2.45. The summed E-state index contributed by atoms with van der Waals surface area (Å²) in [5.41, 5.74) is 7.50. The molecular formula is C15H23N3O2. The zero-order chi connectivity index (χ0) is 14.5. The molecule has 0 spiro atoms. The number of oxime groups is 1. The first-order valence-corrected chi connectivity index (χ1v) is 7.10. The third-order valence-electron chi connectivity index (χ3n) is 4.01. The van der Waals surface area contributed by atoms with Crippen LogP contribution in [0.1, 0.15) is 31.7 Å². The Morgan fingerprint density at radius 1 is 1.50 bits per heavy atom. The molecule has 1 fully saturated rings. The third kappa shape index (κ3) is 2.98. The van der Waals surface area contributed by atoms with Gasteiger partial charge in [0.1, 0.15) is 5.75 Å². The van der Waals surface area contributed by atoms with E-state index in [1.165, 1.54) is 19.3 Å². The molecule has 0 aliphatic heterocycles. The molecule has 0 atom stereocenters. The quantitative estimate of drug-likeness (QED) is 0.362. The lowest BCUT2D eigenvalue weighted by molar-refractivity contribution is 0.317. The molecule has 2 rings (SSSR count). The van der Waals surface area contributed by atoms with E-state index in [4.69, 9.17) is 15.7 Å². The lowest BCUT2D eigenvalue weighted by Crippen LogP contribution is -2.34. The van der Waals surface area contributed by atoms with Crippen LogP contribution >= 0.6 is 0 Å². The maximum Gasteiger partial charge on any atom is 0.172 e. The van der Waals surface area contributed by atoms with Crippen LogP contribution in [-0.4, -0.2) is 31.2 Å². The summed E-state index contributed by atoms with van der Waals surface area (Å²) in [5, 5.41) is 12.1. The fourth-order valence-electron chi connectivity index (χ4n) is 2.56. The summed E-state index contributed by atoms with van der Waals surface area (Å²) in [4.78, 5) is 2.28. The van der Waals surface area contributed by atoms with Crippen molar-refractivity contribution < 1.29 is 9.94 Å². The normalized spacial score (nSPS) is 15.8. The molecule has 0 radical (unpaired) electrons. The van der Waals surface area contributed by atoms with Crippen LogP contribution in [0.25, 0.3) is 0 Å². The van der Waals surface area contributed by atoms with Gasteiger partial charge in [0.25, 0.3) is 0 Å². The molecule has 110 valence electrons. The van der Waals surface area contributed by atoms with Crippen LogP contribution in [0.4, 0.5) is 5.69 Å². The van der Waals surface area contributed by atoms with Gasteiger partial charge in [-0.2, -0.15) is 0 Å². The van der Waals surface area contributed by atoms with Crippen molar-refractivity contribution in [3.05, 3.63) is 23.8 Å². The summed E-state index contributed by atoms with van der Waals surface area (Å²) in [5.74, 6) is 1.66. The smallest absolute Gasteiger partial charge is 0.172 e. The van der Waals surface area contributed by atoms with Crippen LogP contribution in [-0.2, 0) is 0 Å². The minimum atomic E-state index is 0.134. The molecule has 0 aromatic heterocycles. The first kappa shape index (κ1) is 14.5. The summed E-state index contributed by atoms with van der Waals surface area (Å²) >= 11 is 0. The number of ether oxygens (including phenoxy) is 1. The average molecular weight is 277 g/mol. The molecule has 1 aliphatic carbocycles. The van der Waals surface area contributed by atoms with Crippen LogP contribution in [0.3, 0.4) is 0 Å². The van der Waals surface area contributed by atoms with Crippen molar-refractivity contribution in [3.8, 4) is 5.75 Å². The number of hydrogen-bond acceptors (Lipinski definition) is 4. The van der Waals surface area contributed by atoms with Gasteiger partial charge in [-0.05, 0) is 37.8 Å². The van der Waals surface area contributed by atoms with E-state index in [2.05, 4.69) is 17.0 Å². The first-order valence-electron chi connectivity index (χ1n) is 7.10. The Morgan fingerprint density at radius 3 is 2.75 bits per heavy atom. The number of rotatable bonds is 6. The molecule has 1 aromatic carbocycles. The van der Waals surface area contributed by atoms with Crippen molar-refractivity contribution in [1.29, 1.82) is 0 Å². The Labute approximate surface area is 120 Å². The number of benzene rings is 1. The molecule has 0 heterocycles. The molecule has 0 amide bonds. The van der Waals surface area contributed by atoms with Crippen molar-refractivity contribution in [3.63, 3.8) is 0 Å². The number of anilines is 1. The van der Waals surface area contributed by atoms with E-state index >= 15 is 0 Å². The van der Waals surface area contributed by atoms with Crippen molar-refractivity contribution in [1.82, 2.24) is 0 Å². The summed E-state index contributed by atoms with van der Waals surface area (Å²) in [6, 6.07) is 5.62. The molecule has 0 saturated heterocycles. The van der Waals surface area contributed by atoms with Gasteiger partial charge >= 0.3 is 0 Å². The van der Waals surface area contributed by atoms with E-state index in [0.717, 1.165) is 36.0 Å². The highest BCUT2D eigenvalue weighted by atomic mass is 16.5. The minimum absolute atomic E-state index is 0.134. The lowest BCUT2D eigenvalue weighted by Gasteiger charge is -2.34. The largest absolute Gasteiger partial charge is 0.497 e. The van der Waals surface area contributed by atoms with E-state index in [-0.39, 0.29) is 5.84 Å². The van der Waals surface area contributed by atoms with E-state index < -0.39 is 0 Å². The van der Waals surface area contributed by atoms with Crippen molar-refractivity contribution in [2.75, 3.05) is 25.1 Å². The fraction of sp³-hybridized carbons (Fsp3) is 0.533. The summed E-state index contributed by atoms with van der Waals surface area (Å²) in [6.07, 6.45) is 3.91. The van der Waals surface area contributed by atoms with Gasteiger partial charge in [-0.1, -0.05) is 11.6 Å². The van der Waals surface area contributed by atoms with Gasteiger partial charge in [-0.3, -0.25) is 0 Å². The molecule has 5 nitrogen and oxygen atoms in total. The Hall–Kier alpha value is -1.91. The monoisotopic (exact) mass is 277 g/mol. The van der Waals surface area contributed by atoms with Crippen LogP contribution < -0.4 is 15.4 Å². The van der Waals surface area contributed by atoms with Gasteiger partial charge < -0.3 is 20.6 Å². The highest BCUT2D eigenvalue weighted by Crippen LogP contribution is 2.31. The zero-order valence-corrected chi connectivity index (χ0v) is 12.2. The Morgan fingerprint density at radius 2 is 2.25 bits per heavy atom. The van der Waals surface area contributed by atoms with E-state index in [1.807, 2.05) is 18.2 Å². The molecule has 1 saturated carbocycles. The lowest BCUT2D eigenvalue weighted by atomic mass is 9.85. The number of nitrogens with two attached hydrogens (primary N) is 1. The van der Waals surface area contributed by atoms with Crippen LogP contribution in [0.5, 0.6) is 5.75 Å². The Balaban J connectivity index is 2.33. The first-order chi connectivity index (χ1) is 9.69. The number of nitrogens with zero attached hydrogens (tertiary/aromatic N) is 2. The van der Waals surface area contributed by atoms with Crippen LogP contribution in [0.15, 0.2) is 23.4 Å². The number of methoxy groups -OCH3 is 1. The standard InChI is InChI=1S/C15H23N3O2/c1-3-18(10-11-5-4-6-11)14-9-12(20-2)7-8-13(14)15(16)17-19/h7-9,11,19H,3-6,10H2,1-2H3,(H2,16,17). The van der Waals surface area contributed by atoms with Gasteiger partial charge in [-0.15, -0.1) is 0 Å². The second kappa shape index (κ2) is 6.50. The molecule has 0 unspecified atom stereocenters. The SMILES string of the molecule is CCN(CC1CCC1)c1cc(OC)ccc1/C(N)=N/O. The molecular weight excluding hydrogens is 254 g/mol. The summed E-state index contributed by atoms with van der Waals surface area (Å²) < 4.78 is 5.29. The Bertz CT molecular complexity index is 484. The maximum atomic E-state index is 8.95. The van der Waals surface area contributed by atoms with Gasteiger partial charge in [0, 0.05) is 24.7 Å². The molecule has 0 bridgehead atoms.